The normalized spacial score (nSPS) is 22.5. The van der Waals surface area contributed by atoms with E-state index in [1.54, 1.807) is 0 Å². The maximum atomic E-state index is 3.57. The molecule has 2 aliphatic heterocycles. The summed E-state index contributed by atoms with van der Waals surface area (Å²) in [7, 11) is 0. The number of hydrogen-bond acceptors (Lipinski definition) is 2. The van der Waals surface area contributed by atoms with Crippen LogP contribution in [0.4, 0.5) is 11.5 Å². The van der Waals surface area contributed by atoms with Gasteiger partial charge in [0, 0.05) is 22.2 Å². The number of aromatic amines is 1. The highest BCUT2D eigenvalue weighted by molar-refractivity contribution is 5.93. The monoisotopic (exact) mass is 247 g/mol. The Kier molecular flexibility index (Phi) is 1.56. The molecule has 0 amide bonds. The smallest absolute Gasteiger partial charge is 0.109 e. The molecule has 3 heterocycles. The van der Waals surface area contributed by atoms with Crippen LogP contribution in [0.15, 0.2) is 48.5 Å². The van der Waals surface area contributed by atoms with Gasteiger partial charge in [-0.05, 0) is 17.7 Å². The molecule has 5 rings (SSSR count). The summed E-state index contributed by atoms with van der Waals surface area (Å²) < 4.78 is 0. The number of H-pyrrole nitrogens is 1. The van der Waals surface area contributed by atoms with Gasteiger partial charge in [-0.15, -0.1) is 0 Å². The summed E-state index contributed by atoms with van der Waals surface area (Å²) in [4.78, 5) is 3.48. The number of fused-ring (bicyclic) bond motifs is 7. The molecule has 2 atom stereocenters. The van der Waals surface area contributed by atoms with Crippen molar-refractivity contribution in [3.8, 4) is 0 Å². The summed E-state index contributed by atoms with van der Waals surface area (Å²) in [5, 5.41) is 8.46. The van der Waals surface area contributed by atoms with Crippen molar-refractivity contribution >= 4 is 22.4 Å². The molecule has 0 bridgehead atoms. The fraction of sp³-hybridized carbons (Fsp3) is 0.125. The Morgan fingerprint density at radius 1 is 0.842 bits per heavy atom. The number of rotatable bonds is 0. The van der Waals surface area contributed by atoms with Gasteiger partial charge in [0.05, 0.1) is 5.92 Å². The van der Waals surface area contributed by atoms with E-state index in [9.17, 15) is 0 Å². The van der Waals surface area contributed by atoms with Gasteiger partial charge < -0.3 is 15.6 Å². The van der Waals surface area contributed by atoms with E-state index in [1.165, 1.54) is 33.5 Å². The van der Waals surface area contributed by atoms with Crippen molar-refractivity contribution in [1.29, 1.82) is 0 Å². The average Bonchev–Trinajstić information content (AvgIpc) is 3.04. The Morgan fingerprint density at radius 3 is 2.68 bits per heavy atom. The van der Waals surface area contributed by atoms with Gasteiger partial charge in [0.2, 0.25) is 0 Å². The van der Waals surface area contributed by atoms with E-state index in [4.69, 9.17) is 0 Å². The minimum Gasteiger partial charge on any atom is -0.364 e. The Labute approximate surface area is 110 Å². The van der Waals surface area contributed by atoms with Crippen molar-refractivity contribution in [3.63, 3.8) is 0 Å². The fourth-order valence-corrected chi connectivity index (χ4v) is 3.53. The summed E-state index contributed by atoms with van der Waals surface area (Å²) in [6, 6.07) is 17.1. The van der Waals surface area contributed by atoms with Crippen molar-refractivity contribution in [2.24, 2.45) is 0 Å². The molecule has 0 spiro atoms. The van der Waals surface area contributed by atoms with Gasteiger partial charge in [0.15, 0.2) is 0 Å². The van der Waals surface area contributed by atoms with Gasteiger partial charge in [-0.3, -0.25) is 0 Å². The van der Waals surface area contributed by atoms with Crippen LogP contribution in [0.25, 0.3) is 10.9 Å². The van der Waals surface area contributed by atoms with Crippen LogP contribution < -0.4 is 10.6 Å². The Hall–Kier alpha value is -2.42. The lowest BCUT2D eigenvalue weighted by Crippen LogP contribution is -2.24. The van der Waals surface area contributed by atoms with Crippen molar-refractivity contribution in [3.05, 3.63) is 59.7 Å². The second-order valence-electron chi connectivity index (χ2n) is 5.29. The van der Waals surface area contributed by atoms with Crippen LogP contribution in [0.5, 0.6) is 0 Å². The Balaban J connectivity index is 1.81. The maximum Gasteiger partial charge on any atom is 0.109 e. The van der Waals surface area contributed by atoms with E-state index < -0.39 is 0 Å². The van der Waals surface area contributed by atoms with Gasteiger partial charge in [-0.1, -0.05) is 36.4 Å². The van der Waals surface area contributed by atoms with E-state index in [1.807, 2.05) is 0 Å². The molecule has 0 radical (unpaired) electrons. The lowest BCUT2D eigenvalue weighted by Gasteiger charge is -2.12. The second-order valence-corrected chi connectivity index (χ2v) is 5.29. The zero-order valence-electron chi connectivity index (χ0n) is 10.3. The lowest BCUT2D eigenvalue weighted by molar-refractivity contribution is 0.791. The van der Waals surface area contributed by atoms with Crippen molar-refractivity contribution in [2.75, 3.05) is 10.6 Å². The topological polar surface area (TPSA) is 39.8 Å². The molecule has 3 heteroatoms. The number of para-hydroxylation sites is 2. The van der Waals surface area contributed by atoms with Gasteiger partial charge in [0.25, 0.3) is 0 Å². The summed E-state index contributed by atoms with van der Waals surface area (Å²) >= 11 is 0. The van der Waals surface area contributed by atoms with E-state index in [-0.39, 0.29) is 6.17 Å². The van der Waals surface area contributed by atoms with Crippen LogP contribution in [0.2, 0.25) is 0 Å². The first-order valence-electron chi connectivity index (χ1n) is 6.64. The first-order chi connectivity index (χ1) is 9.42. The minimum absolute atomic E-state index is 0.281. The van der Waals surface area contributed by atoms with Gasteiger partial charge >= 0.3 is 0 Å². The summed E-state index contributed by atoms with van der Waals surface area (Å²) in [5.41, 5.74) is 5.25. The SMILES string of the molecule is c1ccc2c(c1)NC1Nc3[nH]c4ccccc4c3C21. The molecular formula is C16H13N3. The lowest BCUT2D eigenvalue weighted by atomic mass is 9.93. The standard InChI is InChI=1S/C16H13N3/c1-3-7-11-9(5-1)13-14-10-6-2-4-8-12(10)18-16(14)19-15(13)17-11/h1-8,13,15,17-19H. The molecule has 0 saturated heterocycles. The molecule has 2 aromatic carbocycles. The van der Waals surface area contributed by atoms with Gasteiger partial charge in [0.1, 0.15) is 12.0 Å². The first kappa shape index (κ1) is 9.50. The third kappa shape index (κ3) is 1.08. The predicted octanol–water partition coefficient (Wildman–Crippen LogP) is 3.48. The largest absolute Gasteiger partial charge is 0.364 e. The number of benzene rings is 2. The van der Waals surface area contributed by atoms with Crippen LogP contribution in [-0.4, -0.2) is 11.1 Å². The predicted molar refractivity (Wildman–Crippen MR) is 77.6 cm³/mol. The fourth-order valence-electron chi connectivity index (χ4n) is 3.53. The van der Waals surface area contributed by atoms with Crippen LogP contribution in [0, 0.1) is 0 Å². The zero-order valence-corrected chi connectivity index (χ0v) is 10.3. The van der Waals surface area contributed by atoms with Crippen LogP contribution in [-0.2, 0) is 0 Å². The molecule has 92 valence electrons. The molecule has 2 unspecified atom stereocenters. The van der Waals surface area contributed by atoms with Crippen molar-refractivity contribution < 1.29 is 0 Å². The minimum atomic E-state index is 0.281. The van der Waals surface area contributed by atoms with Crippen molar-refractivity contribution in [2.45, 2.75) is 12.1 Å². The first-order valence-corrected chi connectivity index (χ1v) is 6.64. The molecule has 0 aliphatic carbocycles. The molecule has 19 heavy (non-hydrogen) atoms. The average molecular weight is 247 g/mol. The van der Waals surface area contributed by atoms with E-state index in [0.29, 0.717) is 5.92 Å². The zero-order chi connectivity index (χ0) is 12.4. The molecule has 3 N–H and O–H groups in total. The van der Waals surface area contributed by atoms with E-state index >= 15 is 0 Å². The van der Waals surface area contributed by atoms with Crippen LogP contribution in [0.3, 0.4) is 0 Å². The number of hydrogen-bond donors (Lipinski definition) is 3. The third-order valence-corrected chi connectivity index (χ3v) is 4.30. The van der Waals surface area contributed by atoms with Gasteiger partial charge in [-0.25, -0.2) is 0 Å². The number of aromatic nitrogens is 1. The van der Waals surface area contributed by atoms with Gasteiger partial charge in [-0.2, -0.15) is 0 Å². The number of anilines is 2. The quantitative estimate of drug-likeness (QED) is 0.569. The van der Waals surface area contributed by atoms with Crippen LogP contribution >= 0.6 is 0 Å². The Morgan fingerprint density at radius 2 is 1.68 bits per heavy atom. The van der Waals surface area contributed by atoms with E-state index in [2.05, 4.69) is 64.1 Å². The molecule has 3 nitrogen and oxygen atoms in total. The highest BCUT2D eigenvalue weighted by Crippen LogP contribution is 2.49. The molecule has 3 aromatic rings. The molecule has 2 aliphatic rings. The highest BCUT2D eigenvalue weighted by Gasteiger charge is 2.41. The molecule has 1 aromatic heterocycles. The van der Waals surface area contributed by atoms with Crippen LogP contribution in [0.1, 0.15) is 17.0 Å². The molecular weight excluding hydrogens is 234 g/mol. The number of nitrogens with one attached hydrogen (secondary N) is 3. The Bertz CT molecular complexity index is 803. The van der Waals surface area contributed by atoms with Crippen molar-refractivity contribution in [1.82, 2.24) is 4.98 Å². The molecule has 0 fully saturated rings. The second kappa shape index (κ2) is 3.12. The summed E-state index contributed by atoms with van der Waals surface area (Å²) in [6.45, 7) is 0. The maximum absolute atomic E-state index is 3.57. The summed E-state index contributed by atoms with van der Waals surface area (Å²) in [6.07, 6.45) is 0.281. The summed E-state index contributed by atoms with van der Waals surface area (Å²) in [5.74, 6) is 1.57. The van der Waals surface area contributed by atoms with E-state index in [0.717, 1.165) is 0 Å². The molecule has 0 saturated carbocycles. The third-order valence-electron chi connectivity index (χ3n) is 4.30. The highest BCUT2D eigenvalue weighted by atomic mass is 15.2.